The second kappa shape index (κ2) is 55.1. The van der Waals surface area contributed by atoms with Gasteiger partial charge in [-0.15, -0.1) is 10.2 Å². The number of carbonyl (C=O) groups excluding carboxylic acids is 13. The van der Waals surface area contributed by atoms with Crippen LogP contribution in [0.4, 0.5) is 19.2 Å². The predicted octanol–water partition coefficient (Wildman–Crippen LogP) is 18.6. The van der Waals surface area contributed by atoms with Crippen LogP contribution in [0.3, 0.4) is 0 Å². The first kappa shape index (κ1) is 107. The Morgan fingerprint density at radius 1 is 0.325 bits per heavy atom. The smallest absolute Gasteiger partial charge is 0.431 e. The van der Waals surface area contributed by atoms with Crippen molar-refractivity contribution in [2.45, 2.75) is 202 Å². The molecule has 0 atom stereocenters. The summed E-state index contributed by atoms with van der Waals surface area (Å²) in [5.41, 5.74) is 4.89. The summed E-state index contributed by atoms with van der Waals surface area (Å²) in [5.74, 6) is -2.94. The number of para-hydroxylation sites is 1. The van der Waals surface area contributed by atoms with Crippen LogP contribution in [0, 0.1) is 57.3 Å². The first-order valence-electron chi connectivity index (χ1n) is 38.7. The van der Waals surface area contributed by atoms with Crippen molar-refractivity contribution < 1.29 is 124 Å². The topological polar surface area (TPSA) is 376 Å². The molecular weight excluding hydrogens is 1690 g/mol. The summed E-state index contributed by atoms with van der Waals surface area (Å²) in [6.45, 7) is 39.0. The van der Waals surface area contributed by atoms with Crippen LogP contribution in [0.2, 0.25) is 20.1 Å². The number of halogens is 4. The molecular formula is C87H108Cl4N6O26. The average molecular weight is 1800 g/mol. The van der Waals surface area contributed by atoms with Crippen molar-refractivity contribution in [3.8, 4) is 23.0 Å². The summed E-state index contributed by atoms with van der Waals surface area (Å²) in [6.07, 6.45) is 4.53. The molecule has 4 amide bonds. The highest BCUT2D eigenvalue weighted by Crippen LogP contribution is 2.36. The van der Waals surface area contributed by atoms with E-state index in [4.69, 9.17) is 94.1 Å². The number of hydroxylamine groups is 4. The molecule has 123 heavy (non-hydrogen) atoms. The van der Waals surface area contributed by atoms with Crippen molar-refractivity contribution in [3.05, 3.63) is 195 Å². The minimum atomic E-state index is -1.04. The minimum absolute atomic E-state index is 0.0772. The summed E-state index contributed by atoms with van der Waals surface area (Å²) >= 11 is 23.6. The van der Waals surface area contributed by atoms with Crippen LogP contribution >= 0.6 is 46.4 Å². The van der Waals surface area contributed by atoms with E-state index < -0.39 is 54.2 Å². The molecule has 2 saturated heterocycles. The van der Waals surface area contributed by atoms with E-state index in [9.17, 15) is 62.3 Å². The predicted molar refractivity (Wildman–Crippen MR) is 456 cm³/mol. The van der Waals surface area contributed by atoms with E-state index in [0.717, 1.165) is 33.2 Å². The molecule has 2 aliphatic rings. The molecule has 5 aromatic carbocycles. The van der Waals surface area contributed by atoms with Gasteiger partial charge < -0.3 is 57.2 Å². The maximum absolute atomic E-state index is 11.4. The molecule has 32 nitrogen and oxygen atoms in total. The molecule has 2 aliphatic heterocycles. The van der Waals surface area contributed by atoms with Crippen molar-refractivity contribution in [3.63, 3.8) is 0 Å². The SMILES string of the molecule is CC(C)C(=O)ON1C(=O)CCC1=O.CC(C)C(=O)On1cccc1.CC(C)C(=O)On1ncc2ccccc21.CC(C)OC(=O)ON1C(=O)CCC1=O.CC(C)OC(=O)On1cccc1.Cc1cc(Cl)c(OC(=O)C(C)C)c(Cl)c1.Cc1cc(Cl)c(OC(=O)OC(C)C)c(Cl)c1.Cc1ccc(OC(=O)C(C)C)cc1.Cc1ccc(OC(=O)OC(C)C)cc1. The molecule has 0 unspecified atom stereocenters. The van der Waals surface area contributed by atoms with Gasteiger partial charge >= 0.3 is 54.5 Å². The number of fused-ring (bicyclic) bond motifs is 1. The minimum Gasteiger partial charge on any atom is -0.431 e. The highest BCUT2D eigenvalue weighted by atomic mass is 35.5. The Hall–Kier alpha value is -12.0. The van der Waals surface area contributed by atoms with E-state index in [-0.39, 0.29) is 125 Å². The molecule has 0 bridgehead atoms. The Bertz CT molecular complexity index is 4660. The van der Waals surface area contributed by atoms with Gasteiger partial charge in [-0.25, -0.2) is 33.6 Å². The number of benzene rings is 5. The summed E-state index contributed by atoms with van der Waals surface area (Å²) in [6, 6.07) is 36.1. The maximum Gasteiger partial charge on any atom is 0.534 e. The molecule has 2 fully saturated rings. The molecule has 0 radical (unpaired) electrons. The highest BCUT2D eigenvalue weighted by Gasteiger charge is 2.35. The second-order valence-corrected chi connectivity index (χ2v) is 30.6. The molecule has 670 valence electrons. The average Bonchev–Trinajstić information content (AvgIpc) is 1.51. The summed E-state index contributed by atoms with van der Waals surface area (Å²) in [5, 5.41) is 7.23. The molecule has 10 rings (SSSR count). The van der Waals surface area contributed by atoms with Gasteiger partial charge in [0.15, 0.2) is 11.5 Å². The number of aromatic nitrogens is 4. The fraction of sp³-hybridized carbons (Fsp3) is 0.402. The standard InChI is InChI=1S/C11H12Cl2O3.C11H12Cl2O2.C11H12N2O2.C11H14O3.C11H14O2.C8H11NO5.C8H11NO4.C8H11NO3.C8H11NO2/c1-6(2)15-11(14)16-10-8(12)4-7(3)5-9(10)13;1-6(2)11(14)15-10-8(12)4-7(3)5-9(10)13;1-8(2)11(14)15-13-10-6-4-3-5-9(10)7-12-13;1-8(2)13-11(12)14-10-6-4-9(3)5-7-10;1-8(2)11(12)13-10-6-4-9(3)5-7-10;1-5(2)13-8(12)14-9-6(10)3-4-7(9)11;1-5(2)8(12)13-9-6(10)3-4-7(9)11;1-7(2)11-8(10)12-9-5-3-4-6-9;1-7(2)8(10)11-9-5-3-4-6-9/h4-6H,1-3H3;4-6H,1-3H3;3-8H,1-2H3;4-8H,1-3H3;4-8H,1-3H3;5H,3-4H2,1-2H3;5H,3-4H2,1-2H3;3-7H,1-2H3;3-7H,1-2H3. The van der Waals surface area contributed by atoms with Gasteiger partial charge in [0, 0.05) is 55.9 Å². The Kier molecular flexibility index (Phi) is 48.0. The number of hydrogen-bond donors (Lipinski definition) is 0. The zero-order valence-electron chi connectivity index (χ0n) is 72.8. The normalized spacial score (nSPS) is 11.7. The lowest BCUT2D eigenvalue weighted by Crippen LogP contribution is -2.33. The quantitative estimate of drug-likeness (QED) is 0.0253. The number of esters is 2. The lowest BCUT2D eigenvalue weighted by atomic mass is 10.2. The van der Waals surface area contributed by atoms with Gasteiger partial charge in [0.1, 0.15) is 17.0 Å². The number of amides is 4. The van der Waals surface area contributed by atoms with E-state index in [1.807, 2.05) is 90.1 Å². The van der Waals surface area contributed by atoms with Crippen LogP contribution in [0.25, 0.3) is 10.9 Å². The van der Waals surface area contributed by atoms with E-state index in [1.54, 1.807) is 215 Å². The largest absolute Gasteiger partial charge is 0.534 e. The van der Waals surface area contributed by atoms with Crippen molar-refractivity contribution in [2.24, 2.45) is 29.6 Å². The number of carbonyl (C=O) groups is 13. The molecule has 5 heterocycles. The van der Waals surface area contributed by atoms with Gasteiger partial charge in [-0.1, -0.05) is 179 Å². The van der Waals surface area contributed by atoms with Crippen LogP contribution in [0.1, 0.15) is 173 Å². The third-order valence-corrected chi connectivity index (χ3v) is 15.5. The van der Waals surface area contributed by atoms with Crippen molar-refractivity contribution in [1.29, 1.82) is 0 Å². The van der Waals surface area contributed by atoms with Crippen molar-refractivity contribution >= 4 is 135 Å². The number of aryl methyl sites for hydroxylation is 4. The van der Waals surface area contributed by atoms with Crippen molar-refractivity contribution in [2.75, 3.05) is 0 Å². The molecule has 0 saturated carbocycles. The van der Waals surface area contributed by atoms with Crippen LogP contribution < -0.4 is 33.5 Å². The Morgan fingerprint density at radius 2 is 0.634 bits per heavy atom. The fourth-order valence-electron chi connectivity index (χ4n) is 8.13. The second-order valence-electron chi connectivity index (χ2n) is 29.0. The maximum atomic E-state index is 11.4. The molecule has 36 heteroatoms. The van der Waals surface area contributed by atoms with Gasteiger partial charge in [0.25, 0.3) is 23.6 Å². The summed E-state index contributed by atoms with van der Waals surface area (Å²) in [4.78, 5) is 169. The van der Waals surface area contributed by atoms with Crippen molar-refractivity contribution in [1.82, 2.24) is 29.5 Å². The molecule has 3 aromatic heterocycles. The Labute approximate surface area is 735 Å². The lowest BCUT2D eigenvalue weighted by molar-refractivity contribution is -0.199. The highest BCUT2D eigenvalue weighted by molar-refractivity contribution is 6.38. The first-order valence-corrected chi connectivity index (χ1v) is 40.2. The van der Waals surface area contributed by atoms with Gasteiger partial charge in [-0.3, -0.25) is 33.6 Å². The zero-order valence-corrected chi connectivity index (χ0v) is 75.8. The fourth-order valence-corrected chi connectivity index (χ4v) is 9.47. The monoisotopic (exact) mass is 1790 g/mol. The number of hydrogen-bond acceptors (Lipinski definition) is 27. The van der Waals surface area contributed by atoms with Gasteiger partial charge in [-0.05, 0) is 173 Å². The molecule has 0 N–H and O–H groups in total. The van der Waals surface area contributed by atoms with Gasteiger partial charge in [0.05, 0.1) is 80.3 Å². The molecule has 0 spiro atoms. The van der Waals surface area contributed by atoms with Crippen LogP contribution in [-0.4, -0.2) is 132 Å². The van der Waals surface area contributed by atoms with E-state index in [1.165, 1.54) is 14.3 Å². The summed E-state index contributed by atoms with van der Waals surface area (Å²) in [7, 11) is 0. The lowest BCUT2D eigenvalue weighted by Gasteiger charge is -2.13. The van der Waals surface area contributed by atoms with Gasteiger partial charge in [-0.2, -0.15) is 9.46 Å². The van der Waals surface area contributed by atoms with Crippen LogP contribution in [0.15, 0.2) is 152 Å². The zero-order chi connectivity index (χ0) is 93.1. The van der Waals surface area contributed by atoms with Gasteiger partial charge in [0.2, 0.25) is 0 Å². The third-order valence-electron chi connectivity index (χ3n) is 14.3. The van der Waals surface area contributed by atoms with Crippen LogP contribution in [-0.2, 0) is 71.8 Å². The number of ether oxygens (including phenoxy) is 8. The summed E-state index contributed by atoms with van der Waals surface area (Å²) < 4.78 is 41.7. The third kappa shape index (κ3) is 43.4. The van der Waals surface area contributed by atoms with E-state index in [2.05, 4.69) is 19.5 Å². The number of nitrogens with zero attached hydrogens (tertiary/aromatic N) is 6. The number of rotatable bonds is 18. The Balaban J connectivity index is 0.000000470. The van der Waals surface area contributed by atoms with Crippen LogP contribution in [0.5, 0.6) is 23.0 Å². The van der Waals surface area contributed by atoms with E-state index in [0.29, 0.717) is 31.7 Å². The number of imide groups is 2. The molecule has 8 aromatic rings. The Morgan fingerprint density at radius 3 is 1.02 bits per heavy atom. The molecule has 0 aliphatic carbocycles. The van der Waals surface area contributed by atoms with E-state index >= 15 is 0 Å². The first-order chi connectivity index (χ1) is 57.6.